The van der Waals surface area contributed by atoms with Crippen molar-refractivity contribution in [3.63, 3.8) is 0 Å². The maximum Gasteiger partial charge on any atom is 0.281 e. The van der Waals surface area contributed by atoms with Crippen molar-refractivity contribution in [3.8, 4) is 22.9 Å². The van der Waals surface area contributed by atoms with Crippen LogP contribution in [0.1, 0.15) is 44.0 Å². The van der Waals surface area contributed by atoms with E-state index in [0.717, 1.165) is 12.8 Å². The molecule has 3 N–H and O–H groups in total. The van der Waals surface area contributed by atoms with E-state index in [4.69, 9.17) is 15.2 Å². The summed E-state index contributed by atoms with van der Waals surface area (Å²) in [6.45, 7) is 6.25. The molecule has 9 nitrogen and oxygen atoms in total. The molecule has 2 aromatic heterocycles. The first-order valence-electron chi connectivity index (χ1n) is 11.9. The monoisotopic (exact) mass is 528 g/mol. The lowest BCUT2D eigenvalue weighted by atomic mass is 10.1. The molecule has 37 heavy (non-hydrogen) atoms. The molecule has 4 rings (SSSR count). The quantitative estimate of drug-likeness (QED) is 0.400. The largest absolute Gasteiger partial charge is 0.493 e. The van der Waals surface area contributed by atoms with Crippen LogP contribution >= 0.6 is 0 Å². The van der Waals surface area contributed by atoms with Crippen molar-refractivity contribution in [2.24, 2.45) is 11.8 Å². The minimum absolute atomic E-state index is 0.00420. The molecule has 1 atom stereocenters. The number of pyridine rings is 2. The van der Waals surface area contributed by atoms with Gasteiger partial charge in [-0.15, -0.1) is 0 Å². The van der Waals surface area contributed by atoms with Crippen molar-refractivity contribution < 1.29 is 27.1 Å². The molecular formula is C26H29FN4O5S. The summed E-state index contributed by atoms with van der Waals surface area (Å²) in [5, 5.41) is -0.395. The Morgan fingerprint density at radius 2 is 1.89 bits per heavy atom. The van der Waals surface area contributed by atoms with Crippen LogP contribution in [0, 0.1) is 17.7 Å². The lowest BCUT2D eigenvalue weighted by molar-refractivity contribution is 0.0971. The van der Waals surface area contributed by atoms with Crippen molar-refractivity contribution in [3.05, 3.63) is 59.9 Å². The van der Waals surface area contributed by atoms with Crippen LogP contribution in [0.5, 0.6) is 11.6 Å². The summed E-state index contributed by atoms with van der Waals surface area (Å²) in [4.78, 5) is 21.3. The summed E-state index contributed by atoms with van der Waals surface area (Å²) >= 11 is 0. The highest BCUT2D eigenvalue weighted by molar-refractivity contribution is 7.90. The Kier molecular flexibility index (Phi) is 7.63. The van der Waals surface area contributed by atoms with Crippen molar-refractivity contribution in [2.45, 2.75) is 44.7 Å². The van der Waals surface area contributed by atoms with Gasteiger partial charge >= 0.3 is 0 Å². The first kappa shape index (κ1) is 26.3. The van der Waals surface area contributed by atoms with Gasteiger partial charge in [0.05, 0.1) is 12.3 Å². The molecule has 0 saturated heterocycles. The Hall–Kier alpha value is -3.73. The number of ether oxygens (including phenoxy) is 2. The zero-order chi connectivity index (χ0) is 26.7. The molecule has 1 fully saturated rings. The number of anilines is 1. The maximum atomic E-state index is 14.4. The first-order valence-corrected chi connectivity index (χ1v) is 13.4. The fourth-order valence-corrected chi connectivity index (χ4v) is 4.51. The van der Waals surface area contributed by atoms with Crippen LogP contribution in [0.25, 0.3) is 11.3 Å². The predicted octanol–water partition coefficient (Wildman–Crippen LogP) is 4.20. The van der Waals surface area contributed by atoms with E-state index in [-0.39, 0.29) is 29.3 Å². The van der Waals surface area contributed by atoms with Crippen LogP contribution in [0.3, 0.4) is 0 Å². The number of sulfonamides is 1. The molecule has 196 valence electrons. The van der Waals surface area contributed by atoms with E-state index >= 15 is 0 Å². The summed E-state index contributed by atoms with van der Waals surface area (Å²) in [7, 11) is -4.31. The number of nitrogens with zero attached hydrogens (tertiary/aromatic N) is 2. The van der Waals surface area contributed by atoms with E-state index in [0.29, 0.717) is 29.5 Å². The number of nitrogen functional groups attached to an aromatic ring is 1. The Bertz CT molecular complexity index is 1410. The van der Waals surface area contributed by atoms with Crippen LogP contribution in [-0.2, 0) is 10.0 Å². The van der Waals surface area contributed by atoms with E-state index in [1.807, 2.05) is 25.5 Å². The molecule has 2 heterocycles. The van der Waals surface area contributed by atoms with Gasteiger partial charge in [-0.25, -0.2) is 19.1 Å². The van der Waals surface area contributed by atoms with Gasteiger partial charge in [0.2, 0.25) is 5.88 Å². The van der Waals surface area contributed by atoms with Crippen LogP contribution in [0.2, 0.25) is 0 Å². The van der Waals surface area contributed by atoms with Crippen molar-refractivity contribution >= 4 is 21.7 Å². The van der Waals surface area contributed by atoms with Crippen LogP contribution < -0.4 is 19.9 Å². The van der Waals surface area contributed by atoms with Crippen LogP contribution in [0.15, 0.2) is 53.6 Å². The number of nitrogens with two attached hydrogens (primary N) is 1. The lowest BCUT2D eigenvalue weighted by Crippen LogP contribution is -2.32. The normalized spacial score (nSPS) is 14.3. The van der Waals surface area contributed by atoms with E-state index in [1.165, 1.54) is 42.5 Å². The molecule has 1 unspecified atom stereocenters. The number of aromatic nitrogens is 2. The Morgan fingerprint density at radius 3 is 2.57 bits per heavy atom. The van der Waals surface area contributed by atoms with Crippen molar-refractivity contribution in [1.82, 2.24) is 14.7 Å². The molecule has 1 aliphatic carbocycles. The van der Waals surface area contributed by atoms with E-state index in [9.17, 15) is 17.6 Å². The summed E-state index contributed by atoms with van der Waals surface area (Å²) in [6, 6.07) is 11.2. The number of amides is 1. The highest BCUT2D eigenvalue weighted by Crippen LogP contribution is 2.36. The molecule has 1 aliphatic rings. The molecule has 1 amide bonds. The molecule has 11 heteroatoms. The number of benzene rings is 1. The van der Waals surface area contributed by atoms with Crippen LogP contribution in [0.4, 0.5) is 10.2 Å². The second-order valence-electron chi connectivity index (χ2n) is 9.43. The number of carbonyl (C=O) groups excluding carboxylic acids is 1. The number of hydrogen-bond acceptors (Lipinski definition) is 8. The SMILES string of the molecule is CC(C)COc1cc(F)cc(-c2ccc(C(=O)NS(=O)(=O)c3cccc(N)n3)c(OC(C)C3CC3)n2)c1. The summed E-state index contributed by atoms with van der Waals surface area (Å²) in [6.07, 6.45) is 1.72. The second kappa shape index (κ2) is 10.7. The van der Waals surface area contributed by atoms with Gasteiger partial charge in [-0.2, -0.15) is 8.42 Å². The summed E-state index contributed by atoms with van der Waals surface area (Å²) in [5.74, 6) is -0.593. The third kappa shape index (κ3) is 6.73. The fraction of sp³-hybridized carbons (Fsp3) is 0.346. The molecule has 0 aliphatic heterocycles. The lowest BCUT2D eigenvalue weighted by Gasteiger charge is -2.17. The smallest absolute Gasteiger partial charge is 0.281 e. The third-order valence-electron chi connectivity index (χ3n) is 5.69. The third-order valence-corrected chi connectivity index (χ3v) is 6.92. The minimum atomic E-state index is -4.31. The Labute approximate surface area is 215 Å². The van der Waals surface area contributed by atoms with Crippen LogP contribution in [-0.4, -0.2) is 37.0 Å². The molecule has 0 radical (unpaired) electrons. The van der Waals surface area contributed by atoms with E-state index in [1.54, 1.807) is 6.07 Å². The molecule has 0 bridgehead atoms. The topological polar surface area (TPSA) is 134 Å². The van der Waals surface area contributed by atoms with Gasteiger partial charge in [-0.1, -0.05) is 19.9 Å². The number of hydrogen-bond donors (Lipinski definition) is 2. The van der Waals surface area contributed by atoms with Gasteiger partial charge in [-0.05, 0) is 68.0 Å². The van der Waals surface area contributed by atoms with Crippen molar-refractivity contribution in [2.75, 3.05) is 12.3 Å². The zero-order valence-electron chi connectivity index (χ0n) is 20.8. The van der Waals surface area contributed by atoms with Gasteiger partial charge in [0.1, 0.15) is 29.1 Å². The molecule has 0 spiro atoms. The first-order chi connectivity index (χ1) is 17.5. The van der Waals surface area contributed by atoms with E-state index < -0.39 is 26.8 Å². The van der Waals surface area contributed by atoms with Crippen molar-refractivity contribution in [1.29, 1.82) is 0 Å². The number of halogens is 1. The van der Waals surface area contributed by atoms with Gasteiger partial charge in [0.15, 0.2) is 5.03 Å². The summed E-state index contributed by atoms with van der Waals surface area (Å²) < 4.78 is 53.5. The molecule has 3 aromatic rings. The maximum absolute atomic E-state index is 14.4. The minimum Gasteiger partial charge on any atom is -0.493 e. The summed E-state index contributed by atoms with van der Waals surface area (Å²) in [5.41, 5.74) is 6.26. The second-order valence-corrected chi connectivity index (χ2v) is 11.1. The standard InChI is InChI=1S/C26H29FN4O5S/c1-15(2)14-35-20-12-18(11-19(27)13-20)22-10-9-21(26(29-22)36-16(3)17-7-8-17)25(32)31-37(33,34)24-6-4-5-23(28)30-24/h4-6,9-13,15-17H,7-8,14H2,1-3H3,(H2,28,30)(H,31,32). The molecule has 1 saturated carbocycles. The Balaban J connectivity index is 1.67. The molecule has 1 aromatic carbocycles. The predicted molar refractivity (Wildman–Crippen MR) is 136 cm³/mol. The zero-order valence-corrected chi connectivity index (χ0v) is 21.6. The average molecular weight is 529 g/mol. The van der Waals surface area contributed by atoms with Gasteiger partial charge in [-0.3, -0.25) is 4.79 Å². The number of carbonyl (C=O) groups is 1. The average Bonchev–Trinajstić information content (AvgIpc) is 3.68. The number of rotatable bonds is 10. The van der Waals surface area contributed by atoms with Gasteiger partial charge in [0, 0.05) is 11.6 Å². The Morgan fingerprint density at radius 1 is 1.14 bits per heavy atom. The molecular weight excluding hydrogens is 499 g/mol. The van der Waals surface area contributed by atoms with Gasteiger partial charge in [0.25, 0.3) is 15.9 Å². The van der Waals surface area contributed by atoms with Gasteiger partial charge < -0.3 is 15.2 Å². The highest BCUT2D eigenvalue weighted by atomic mass is 32.2. The number of nitrogens with one attached hydrogen (secondary N) is 1. The van der Waals surface area contributed by atoms with E-state index in [2.05, 4.69) is 9.97 Å². The fourth-order valence-electron chi connectivity index (χ4n) is 3.57. The highest BCUT2D eigenvalue weighted by Gasteiger charge is 2.31.